The molecule has 2 saturated carbocycles. The van der Waals surface area contributed by atoms with Crippen LogP contribution in [0.3, 0.4) is 0 Å². The first-order valence-corrected chi connectivity index (χ1v) is 10.2. The predicted molar refractivity (Wildman–Crippen MR) is 101 cm³/mol. The topological polar surface area (TPSA) is 78.9 Å². The fourth-order valence-electron chi connectivity index (χ4n) is 3.12. The lowest BCUT2D eigenvalue weighted by Gasteiger charge is -2.10. The SMILES string of the molecule is COc1ccc(-c2nnc(C(C)Sc3nnc(C4CC4)n3C3CC3)o2)cc1. The summed E-state index contributed by atoms with van der Waals surface area (Å²) < 4.78 is 13.5. The van der Waals surface area contributed by atoms with Crippen LogP contribution in [0, 0.1) is 0 Å². The number of aromatic nitrogens is 5. The van der Waals surface area contributed by atoms with Crippen molar-refractivity contribution in [1.29, 1.82) is 0 Å². The van der Waals surface area contributed by atoms with E-state index >= 15 is 0 Å². The largest absolute Gasteiger partial charge is 0.497 e. The molecule has 0 N–H and O–H groups in total. The number of benzene rings is 1. The Morgan fingerprint density at radius 2 is 1.85 bits per heavy atom. The second-order valence-corrected chi connectivity index (χ2v) is 8.46. The van der Waals surface area contributed by atoms with Crippen LogP contribution in [0.5, 0.6) is 5.75 Å². The molecule has 2 aliphatic rings. The monoisotopic (exact) mass is 383 g/mol. The van der Waals surface area contributed by atoms with Crippen molar-refractivity contribution in [3.63, 3.8) is 0 Å². The van der Waals surface area contributed by atoms with E-state index in [4.69, 9.17) is 9.15 Å². The molecule has 1 atom stereocenters. The molecule has 1 aromatic carbocycles. The summed E-state index contributed by atoms with van der Waals surface area (Å²) in [6.45, 7) is 2.07. The van der Waals surface area contributed by atoms with Gasteiger partial charge in [0.2, 0.25) is 11.8 Å². The van der Waals surface area contributed by atoms with E-state index in [0.29, 0.717) is 23.7 Å². The molecule has 0 bridgehead atoms. The van der Waals surface area contributed by atoms with Gasteiger partial charge < -0.3 is 13.7 Å². The third kappa shape index (κ3) is 3.34. The minimum absolute atomic E-state index is 0.0123. The summed E-state index contributed by atoms with van der Waals surface area (Å²) in [4.78, 5) is 0. The first-order chi connectivity index (χ1) is 13.2. The molecule has 2 aromatic heterocycles. The van der Waals surface area contributed by atoms with Crippen molar-refractivity contribution in [1.82, 2.24) is 25.0 Å². The van der Waals surface area contributed by atoms with Gasteiger partial charge in [-0.1, -0.05) is 11.8 Å². The summed E-state index contributed by atoms with van der Waals surface area (Å²) in [5.74, 6) is 3.68. The third-order valence-corrected chi connectivity index (χ3v) is 6.00. The Morgan fingerprint density at radius 3 is 2.52 bits per heavy atom. The van der Waals surface area contributed by atoms with Crippen LogP contribution in [0.25, 0.3) is 11.5 Å². The Bertz CT molecular complexity index is 943. The molecule has 2 heterocycles. The van der Waals surface area contributed by atoms with Gasteiger partial charge in [-0.3, -0.25) is 0 Å². The molecule has 8 heteroatoms. The summed E-state index contributed by atoms with van der Waals surface area (Å²) in [5, 5.41) is 18.4. The van der Waals surface area contributed by atoms with Crippen molar-refractivity contribution in [2.45, 2.75) is 55.0 Å². The Kier molecular flexibility index (Phi) is 4.15. The van der Waals surface area contributed by atoms with E-state index < -0.39 is 0 Å². The zero-order chi connectivity index (χ0) is 18.4. The average molecular weight is 383 g/mol. The Morgan fingerprint density at radius 1 is 1.07 bits per heavy atom. The highest BCUT2D eigenvalue weighted by atomic mass is 32.2. The van der Waals surface area contributed by atoms with Crippen LogP contribution in [0.2, 0.25) is 0 Å². The Balaban J connectivity index is 1.34. The molecule has 27 heavy (non-hydrogen) atoms. The van der Waals surface area contributed by atoms with Gasteiger partial charge in [0.1, 0.15) is 11.6 Å². The lowest BCUT2D eigenvalue weighted by atomic mass is 10.2. The van der Waals surface area contributed by atoms with Gasteiger partial charge >= 0.3 is 0 Å². The maximum atomic E-state index is 5.92. The molecular formula is C19H21N5O2S. The molecule has 140 valence electrons. The second-order valence-electron chi connectivity index (χ2n) is 7.15. The molecule has 2 fully saturated rings. The van der Waals surface area contributed by atoms with E-state index in [1.165, 1.54) is 25.7 Å². The van der Waals surface area contributed by atoms with Gasteiger partial charge in [0.05, 0.1) is 12.4 Å². The van der Waals surface area contributed by atoms with Crippen molar-refractivity contribution >= 4 is 11.8 Å². The normalized spacial score (nSPS) is 17.9. The van der Waals surface area contributed by atoms with Gasteiger partial charge in [-0.15, -0.1) is 20.4 Å². The van der Waals surface area contributed by atoms with E-state index in [1.54, 1.807) is 18.9 Å². The maximum Gasteiger partial charge on any atom is 0.247 e. The van der Waals surface area contributed by atoms with E-state index in [9.17, 15) is 0 Å². The van der Waals surface area contributed by atoms with Gasteiger partial charge in [0.25, 0.3) is 0 Å². The fraction of sp³-hybridized carbons (Fsp3) is 0.474. The first kappa shape index (κ1) is 16.8. The van der Waals surface area contributed by atoms with Crippen LogP contribution in [0.15, 0.2) is 33.8 Å². The van der Waals surface area contributed by atoms with Crippen LogP contribution in [0.4, 0.5) is 0 Å². The van der Waals surface area contributed by atoms with Gasteiger partial charge in [-0.2, -0.15) is 0 Å². The molecule has 1 unspecified atom stereocenters. The maximum absolute atomic E-state index is 5.92. The zero-order valence-corrected chi connectivity index (χ0v) is 16.1. The van der Waals surface area contributed by atoms with Crippen LogP contribution in [-0.2, 0) is 0 Å². The molecule has 0 amide bonds. The molecule has 0 radical (unpaired) electrons. The number of hydrogen-bond donors (Lipinski definition) is 0. The quantitative estimate of drug-likeness (QED) is 0.559. The average Bonchev–Trinajstić information content (AvgIpc) is 3.63. The number of rotatable bonds is 7. The Hall–Kier alpha value is -2.35. The van der Waals surface area contributed by atoms with Gasteiger partial charge in [-0.05, 0) is 56.9 Å². The minimum Gasteiger partial charge on any atom is -0.497 e. The first-order valence-electron chi connectivity index (χ1n) is 9.32. The molecule has 7 nitrogen and oxygen atoms in total. The molecule has 3 aromatic rings. The molecule has 0 spiro atoms. The Labute approximate surface area is 161 Å². The minimum atomic E-state index is 0.0123. The molecular weight excluding hydrogens is 362 g/mol. The summed E-state index contributed by atoms with van der Waals surface area (Å²) in [7, 11) is 1.65. The van der Waals surface area contributed by atoms with Crippen LogP contribution in [0.1, 0.15) is 61.5 Å². The molecule has 0 aliphatic heterocycles. The fourth-order valence-corrected chi connectivity index (χ4v) is 4.08. The van der Waals surface area contributed by atoms with E-state index in [-0.39, 0.29) is 5.25 Å². The highest BCUT2D eigenvalue weighted by Gasteiger charge is 2.37. The highest BCUT2D eigenvalue weighted by molar-refractivity contribution is 7.99. The van der Waals surface area contributed by atoms with E-state index in [0.717, 1.165) is 22.3 Å². The van der Waals surface area contributed by atoms with Crippen molar-refractivity contribution in [2.75, 3.05) is 7.11 Å². The lowest BCUT2D eigenvalue weighted by Crippen LogP contribution is -2.02. The van der Waals surface area contributed by atoms with Crippen molar-refractivity contribution in [3.8, 4) is 17.2 Å². The zero-order valence-electron chi connectivity index (χ0n) is 15.3. The van der Waals surface area contributed by atoms with Crippen molar-refractivity contribution in [2.24, 2.45) is 0 Å². The second kappa shape index (κ2) is 6.67. The van der Waals surface area contributed by atoms with Gasteiger partial charge in [-0.25, -0.2) is 0 Å². The third-order valence-electron chi connectivity index (χ3n) is 4.95. The summed E-state index contributed by atoms with van der Waals surface area (Å²) >= 11 is 1.65. The van der Waals surface area contributed by atoms with Crippen molar-refractivity contribution in [3.05, 3.63) is 36.0 Å². The standard InChI is InChI=1S/C19H21N5O2S/c1-11(17-21-22-18(26-17)13-5-9-15(25-2)10-6-13)27-19-23-20-16(12-3-4-12)24(19)14-7-8-14/h5-6,9-12,14H,3-4,7-8H2,1-2H3. The number of hydrogen-bond acceptors (Lipinski definition) is 7. The lowest BCUT2D eigenvalue weighted by molar-refractivity contribution is 0.415. The van der Waals surface area contributed by atoms with Crippen LogP contribution >= 0.6 is 11.8 Å². The van der Waals surface area contributed by atoms with Gasteiger partial charge in [0, 0.05) is 17.5 Å². The van der Waals surface area contributed by atoms with E-state index in [2.05, 4.69) is 31.9 Å². The van der Waals surface area contributed by atoms with Gasteiger partial charge in [0.15, 0.2) is 5.16 Å². The predicted octanol–water partition coefficient (Wildman–Crippen LogP) is 4.40. The summed E-state index contributed by atoms with van der Waals surface area (Å²) in [6.07, 6.45) is 4.92. The molecule has 0 saturated heterocycles. The summed E-state index contributed by atoms with van der Waals surface area (Å²) in [5.41, 5.74) is 0.879. The van der Waals surface area contributed by atoms with Crippen LogP contribution < -0.4 is 4.74 Å². The number of thioether (sulfide) groups is 1. The number of methoxy groups -OCH3 is 1. The summed E-state index contributed by atoms with van der Waals surface area (Å²) in [6, 6.07) is 8.17. The number of nitrogens with zero attached hydrogens (tertiary/aromatic N) is 5. The smallest absolute Gasteiger partial charge is 0.247 e. The van der Waals surface area contributed by atoms with Crippen LogP contribution in [-0.4, -0.2) is 32.1 Å². The molecule has 5 rings (SSSR count). The number of ether oxygens (including phenoxy) is 1. The van der Waals surface area contributed by atoms with Crippen molar-refractivity contribution < 1.29 is 9.15 Å². The molecule has 2 aliphatic carbocycles. The highest BCUT2D eigenvalue weighted by Crippen LogP contribution is 2.47. The van der Waals surface area contributed by atoms with E-state index in [1.807, 2.05) is 24.3 Å².